The number of aromatic nitrogens is 4. The Morgan fingerprint density at radius 1 is 1.00 bits per heavy atom. The third kappa shape index (κ3) is 5.63. The number of thioether (sulfide) groups is 1. The van der Waals surface area contributed by atoms with Gasteiger partial charge in [0.05, 0.1) is 39.0 Å². The monoisotopic (exact) mass is 504 g/mol. The van der Waals surface area contributed by atoms with Gasteiger partial charge < -0.3 is 14.2 Å². The van der Waals surface area contributed by atoms with Crippen LogP contribution in [-0.2, 0) is 4.79 Å². The summed E-state index contributed by atoms with van der Waals surface area (Å²) in [7, 11) is 4.66. The molecular formula is C25H24N6O4S. The lowest BCUT2D eigenvalue weighted by Crippen LogP contribution is -2.20. The van der Waals surface area contributed by atoms with Crippen molar-refractivity contribution < 1.29 is 19.0 Å². The van der Waals surface area contributed by atoms with Crippen molar-refractivity contribution in [1.82, 2.24) is 25.2 Å². The van der Waals surface area contributed by atoms with Crippen LogP contribution in [-0.4, -0.2) is 59.0 Å². The van der Waals surface area contributed by atoms with E-state index in [1.807, 2.05) is 47.0 Å². The van der Waals surface area contributed by atoms with Gasteiger partial charge in [-0.25, -0.2) is 5.43 Å². The number of ether oxygens (including phenoxy) is 3. The molecule has 0 atom stereocenters. The van der Waals surface area contributed by atoms with Gasteiger partial charge in [0.15, 0.2) is 22.5 Å². The molecule has 4 aromatic rings. The Morgan fingerprint density at radius 3 is 2.36 bits per heavy atom. The molecule has 184 valence electrons. The van der Waals surface area contributed by atoms with Crippen molar-refractivity contribution in [2.24, 2.45) is 5.10 Å². The van der Waals surface area contributed by atoms with E-state index in [4.69, 9.17) is 14.2 Å². The summed E-state index contributed by atoms with van der Waals surface area (Å²) >= 11 is 1.24. The first-order chi connectivity index (χ1) is 17.6. The molecule has 10 nitrogen and oxygen atoms in total. The molecule has 1 amide bonds. The van der Waals surface area contributed by atoms with Gasteiger partial charge in [-0.1, -0.05) is 36.0 Å². The lowest BCUT2D eigenvalue weighted by molar-refractivity contribution is -0.118. The Kier molecular flexibility index (Phi) is 8.14. The van der Waals surface area contributed by atoms with Gasteiger partial charge in [0, 0.05) is 17.4 Å². The second kappa shape index (κ2) is 11.8. The number of carbonyl (C=O) groups excluding carboxylic acids is 1. The quantitative estimate of drug-likeness (QED) is 0.198. The second-order valence-electron chi connectivity index (χ2n) is 7.23. The van der Waals surface area contributed by atoms with E-state index in [2.05, 4.69) is 25.7 Å². The molecule has 2 aromatic carbocycles. The molecule has 36 heavy (non-hydrogen) atoms. The zero-order chi connectivity index (χ0) is 25.3. The predicted molar refractivity (Wildman–Crippen MR) is 137 cm³/mol. The van der Waals surface area contributed by atoms with Gasteiger partial charge >= 0.3 is 0 Å². The van der Waals surface area contributed by atoms with Crippen LogP contribution < -0.4 is 19.6 Å². The van der Waals surface area contributed by atoms with Crippen LogP contribution >= 0.6 is 11.8 Å². The highest BCUT2D eigenvalue weighted by molar-refractivity contribution is 7.99. The SMILES string of the molecule is COc1cc(-c2nnc(SCC(=O)NN=Cc3ccccn3)n2-c2ccccc2)cc(OC)c1OC. The van der Waals surface area contributed by atoms with Crippen molar-refractivity contribution in [1.29, 1.82) is 0 Å². The Balaban J connectivity index is 1.61. The minimum Gasteiger partial charge on any atom is -0.493 e. The molecule has 0 aliphatic carbocycles. The van der Waals surface area contributed by atoms with E-state index in [0.717, 1.165) is 5.69 Å². The van der Waals surface area contributed by atoms with Crippen molar-refractivity contribution in [2.75, 3.05) is 27.1 Å². The molecule has 2 heterocycles. The summed E-state index contributed by atoms with van der Waals surface area (Å²) in [5, 5.41) is 13.3. The molecule has 0 saturated carbocycles. The maximum Gasteiger partial charge on any atom is 0.250 e. The topological polar surface area (TPSA) is 113 Å². The first kappa shape index (κ1) is 24.7. The van der Waals surface area contributed by atoms with Gasteiger partial charge in [-0.05, 0) is 36.4 Å². The van der Waals surface area contributed by atoms with Crippen LogP contribution in [0.2, 0.25) is 0 Å². The maximum atomic E-state index is 12.4. The number of hydrogen-bond acceptors (Lipinski definition) is 9. The number of nitrogens with one attached hydrogen (secondary N) is 1. The average Bonchev–Trinajstić information content (AvgIpc) is 3.36. The number of carbonyl (C=O) groups is 1. The zero-order valence-corrected chi connectivity index (χ0v) is 20.7. The number of methoxy groups -OCH3 is 3. The van der Waals surface area contributed by atoms with Crippen molar-refractivity contribution in [2.45, 2.75) is 5.16 Å². The van der Waals surface area contributed by atoms with E-state index in [0.29, 0.717) is 39.5 Å². The molecule has 0 aliphatic heterocycles. The maximum absolute atomic E-state index is 12.4. The van der Waals surface area contributed by atoms with Gasteiger partial charge in [-0.2, -0.15) is 5.10 Å². The molecule has 0 fully saturated rings. The first-order valence-corrected chi connectivity index (χ1v) is 11.8. The summed E-state index contributed by atoms with van der Waals surface area (Å²) in [5.74, 6) is 1.81. The number of hydrogen-bond donors (Lipinski definition) is 1. The van der Waals surface area contributed by atoms with Crippen molar-refractivity contribution >= 4 is 23.9 Å². The highest BCUT2D eigenvalue weighted by Crippen LogP contribution is 2.41. The predicted octanol–water partition coefficient (Wildman–Crippen LogP) is 3.60. The van der Waals surface area contributed by atoms with E-state index in [9.17, 15) is 4.79 Å². The van der Waals surface area contributed by atoms with Crippen LogP contribution in [0, 0.1) is 0 Å². The van der Waals surface area contributed by atoms with Gasteiger partial charge in [-0.15, -0.1) is 10.2 Å². The minimum atomic E-state index is -0.288. The zero-order valence-electron chi connectivity index (χ0n) is 19.9. The Morgan fingerprint density at radius 2 is 1.72 bits per heavy atom. The van der Waals surface area contributed by atoms with Gasteiger partial charge in [0.25, 0.3) is 5.91 Å². The summed E-state index contributed by atoms with van der Waals surface area (Å²) in [5.41, 5.74) is 4.69. The molecule has 0 bridgehead atoms. The fraction of sp³-hybridized carbons (Fsp3) is 0.160. The van der Waals surface area contributed by atoms with Crippen LogP contribution in [0.25, 0.3) is 17.1 Å². The lowest BCUT2D eigenvalue weighted by atomic mass is 10.1. The van der Waals surface area contributed by atoms with Gasteiger partial charge in [0.2, 0.25) is 5.75 Å². The van der Waals surface area contributed by atoms with Crippen molar-refractivity contribution in [3.05, 3.63) is 72.6 Å². The number of amides is 1. The largest absolute Gasteiger partial charge is 0.493 e. The lowest BCUT2D eigenvalue weighted by Gasteiger charge is -2.15. The summed E-state index contributed by atoms with van der Waals surface area (Å²) in [6, 6.07) is 18.7. The van der Waals surface area contributed by atoms with E-state index in [1.54, 1.807) is 45.7 Å². The second-order valence-corrected chi connectivity index (χ2v) is 8.17. The van der Waals surface area contributed by atoms with Crippen molar-refractivity contribution in [3.63, 3.8) is 0 Å². The number of para-hydroxylation sites is 1. The molecular weight excluding hydrogens is 480 g/mol. The fourth-order valence-corrected chi connectivity index (χ4v) is 4.10. The molecule has 0 radical (unpaired) electrons. The van der Waals surface area contributed by atoms with Crippen LogP contribution in [0.3, 0.4) is 0 Å². The van der Waals surface area contributed by atoms with Crippen molar-refractivity contribution in [3.8, 4) is 34.3 Å². The molecule has 0 aliphatic rings. The summed E-state index contributed by atoms with van der Waals surface area (Å²) in [4.78, 5) is 16.5. The normalized spacial score (nSPS) is 10.9. The number of rotatable bonds is 10. The first-order valence-electron chi connectivity index (χ1n) is 10.8. The number of benzene rings is 2. The third-order valence-electron chi connectivity index (χ3n) is 4.98. The van der Waals surface area contributed by atoms with Crippen LogP contribution in [0.5, 0.6) is 17.2 Å². The van der Waals surface area contributed by atoms with Crippen LogP contribution in [0.15, 0.2) is 77.1 Å². The van der Waals surface area contributed by atoms with Crippen LogP contribution in [0.4, 0.5) is 0 Å². The Bertz CT molecular complexity index is 1320. The Labute approximate surface area is 212 Å². The summed E-state index contributed by atoms with van der Waals surface area (Å²) in [6.07, 6.45) is 3.14. The van der Waals surface area contributed by atoms with E-state index < -0.39 is 0 Å². The standard InChI is InChI=1S/C25H24N6O4S/c1-33-20-13-17(14-21(34-2)23(20)35-3)24-29-30-25(31(24)19-10-5-4-6-11-19)36-16-22(32)28-27-15-18-9-7-8-12-26-18/h4-15H,16H2,1-3H3,(H,28,32). The highest BCUT2D eigenvalue weighted by atomic mass is 32.2. The minimum absolute atomic E-state index is 0.0831. The van der Waals surface area contributed by atoms with Gasteiger partial charge in [-0.3, -0.25) is 14.3 Å². The number of hydrazone groups is 1. The van der Waals surface area contributed by atoms with Gasteiger partial charge in [0.1, 0.15) is 0 Å². The van der Waals surface area contributed by atoms with E-state index in [1.165, 1.54) is 18.0 Å². The molecule has 11 heteroatoms. The molecule has 0 spiro atoms. The average molecular weight is 505 g/mol. The van der Waals surface area contributed by atoms with Crippen LogP contribution in [0.1, 0.15) is 5.69 Å². The molecule has 1 N–H and O–H groups in total. The summed E-state index contributed by atoms with van der Waals surface area (Å²) < 4.78 is 18.3. The Hall–Kier alpha value is -4.38. The third-order valence-corrected chi connectivity index (χ3v) is 5.91. The summed E-state index contributed by atoms with van der Waals surface area (Å²) in [6.45, 7) is 0. The number of nitrogens with zero attached hydrogens (tertiary/aromatic N) is 5. The highest BCUT2D eigenvalue weighted by Gasteiger charge is 2.21. The van der Waals surface area contributed by atoms with E-state index in [-0.39, 0.29) is 11.7 Å². The smallest absolute Gasteiger partial charge is 0.250 e. The van der Waals surface area contributed by atoms with E-state index >= 15 is 0 Å². The molecule has 4 rings (SSSR count). The molecule has 2 aromatic heterocycles. The molecule has 0 saturated heterocycles. The molecule has 0 unspecified atom stereocenters. The fourth-order valence-electron chi connectivity index (χ4n) is 3.36. The number of pyridine rings is 1.